The molecule has 1 rings (SSSR count). The average molecular weight is 197 g/mol. The topological polar surface area (TPSA) is 52.3 Å². The molecule has 0 unspecified atom stereocenters. The fraction of sp³-hybridized carbons (Fsp3) is 0.300. The highest BCUT2D eigenvalue weighted by molar-refractivity contribution is 5.98. The molecule has 2 N–H and O–H groups in total. The number of ketones is 1. The largest absolute Gasteiger partial charge is 0.494 e. The van der Waals surface area contributed by atoms with Crippen LogP contribution in [0.15, 0.2) is 12.1 Å². The quantitative estimate of drug-likeness (QED) is 0.743. The second-order valence-corrected chi connectivity index (χ2v) is 2.93. The summed E-state index contributed by atoms with van der Waals surface area (Å²) in [5.74, 6) is -0.685. The molecular weight excluding hydrogens is 185 g/mol. The minimum absolute atomic E-state index is 0.118. The summed E-state index contributed by atoms with van der Waals surface area (Å²) < 4.78 is 18.0. The van der Waals surface area contributed by atoms with Crippen LogP contribution in [0.3, 0.4) is 0 Å². The Bertz CT molecular complexity index is 363. The second-order valence-electron chi connectivity index (χ2n) is 2.93. The predicted octanol–water partition coefficient (Wildman–Crippen LogP) is 1.28. The highest BCUT2D eigenvalue weighted by atomic mass is 19.1. The van der Waals surface area contributed by atoms with Crippen molar-refractivity contribution in [2.45, 2.75) is 6.92 Å². The van der Waals surface area contributed by atoms with Gasteiger partial charge >= 0.3 is 0 Å². The molecule has 0 aliphatic carbocycles. The number of methoxy groups -OCH3 is 1. The third kappa shape index (κ3) is 1.90. The fourth-order valence-corrected chi connectivity index (χ4v) is 1.22. The standard InChI is InChI=1S/C10H12FNO2/c1-6-3-10(14-2)8(11)4-7(6)9(13)5-12/h3-4H,5,12H2,1-2H3. The van der Waals surface area contributed by atoms with Crippen LogP contribution in [0.1, 0.15) is 15.9 Å². The molecule has 76 valence electrons. The molecule has 0 amide bonds. The van der Waals surface area contributed by atoms with E-state index in [9.17, 15) is 9.18 Å². The molecule has 3 nitrogen and oxygen atoms in total. The number of carbonyl (C=O) groups is 1. The number of halogens is 1. The van der Waals surface area contributed by atoms with Gasteiger partial charge in [-0.3, -0.25) is 4.79 Å². The van der Waals surface area contributed by atoms with Gasteiger partial charge < -0.3 is 10.5 Å². The summed E-state index contributed by atoms with van der Waals surface area (Å²) in [5.41, 5.74) is 6.17. The molecule has 0 heterocycles. The highest BCUT2D eigenvalue weighted by Gasteiger charge is 2.12. The zero-order chi connectivity index (χ0) is 10.7. The van der Waals surface area contributed by atoms with Crippen molar-refractivity contribution < 1.29 is 13.9 Å². The van der Waals surface area contributed by atoms with E-state index in [4.69, 9.17) is 10.5 Å². The van der Waals surface area contributed by atoms with E-state index in [1.807, 2.05) is 0 Å². The van der Waals surface area contributed by atoms with Crippen LogP contribution in [0.25, 0.3) is 0 Å². The Labute approximate surface area is 81.7 Å². The van der Waals surface area contributed by atoms with E-state index < -0.39 is 5.82 Å². The van der Waals surface area contributed by atoms with Gasteiger partial charge in [0.15, 0.2) is 17.3 Å². The molecule has 0 bridgehead atoms. The second kappa shape index (κ2) is 4.19. The van der Waals surface area contributed by atoms with E-state index >= 15 is 0 Å². The van der Waals surface area contributed by atoms with Crippen molar-refractivity contribution in [1.29, 1.82) is 0 Å². The summed E-state index contributed by atoms with van der Waals surface area (Å²) in [7, 11) is 1.38. The van der Waals surface area contributed by atoms with Crippen molar-refractivity contribution >= 4 is 5.78 Å². The lowest BCUT2D eigenvalue weighted by Crippen LogP contribution is -2.15. The van der Waals surface area contributed by atoms with Gasteiger partial charge in [0.1, 0.15) is 0 Å². The van der Waals surface area contributed by atoms with E-state index in [1.165, 1.54) is 13.2 Å². The molecule has 0 saturated heterocycles. The first-order valence-electron chi connectivity index (χ1n) is 4.17. The third-order valence-electron chi connectivity index (χ3n) is 1.98. The molecule has 1 aromatic rings. The van der Waals surface area contributed by atoms with Crippen LogP contribution >= 0.6 is 0 Å². The summed E-state index contributed by atoms with van der Waals surface area (Å²) in [6.45, 7) is 1.59. The number of carbonyl (C=O) groups excluding carboxylic acids is 1. The minimum atomic E-state index is -0.546. The van der Waals surface area contributed by atoms with Gasteiger partial charge in [-0.05, 0) is 24.6 Å². The summed E-state index contributed by atoms with van der Waals surface area (Å²) >= 11 is 0. The lowest BCUT2D eigenvalue weighted by atomic mass is 10.0. The number of hydrogen-bond acceptors (Lipinski definition) is 3. The number of aryl methyl sites for hydroxylation is 1. The number of ether oxygens (including phenoxy) is 1. The Morgan fingerprint density at radius 1 is 1.57 bits per heavy atom. The Kier molecular flexibility index (Phi) is 3.19. The molecule has 4 heteroatoms. The molecule has 14 heavy (non-hydrogen) atoms. The molecule has 0 fully saturated rings. The maximum atomic E-state index is 13.2. The lowest BCUT2D eigenvalue weighted by molar-refractivity contribution is 0.100. The van der Waals surface area contributed by atoms with Gasteiger partial charge in [-0.2, -0.15) is 0 Å². The van der Waals surface area contributed by atoms with Crippen molar-refractivity contribution in [3.63, 3.8) is 0 Å². The van der Waals surface area contributed by atoms with E-state index in [-0.39, 0.29) is 18.1 Å². The number of Topliss-reactive ketones (excluding diaryl/α,β-unsaturated/α-hetero) is 1. The number of benzene rings is 1. The van der Waals surface area contributed by atoms with Crippen LogP contribution in [-0.4, -0.2) is 19.4 Å². The molecule has 1 aromatic carbocycles. The van der Waals surface area contributed by atoms with E-state index in [1.54, 1.807) is 6.92 Å². The third-order valence-corrected chi connectivity index (χ3v) is 1.98. The smallest absolute Gasteiger partial charge is 0.176 e. The first-order chi connectivity index (χ1) is 6.60. The Morgan fingerprint density at radius 3 is 2.71 bits per heavy atom. The average Bonchev–Trinajstić information content (AvgIpc) is 2.19. The molecule has 0 aliphatic rings. The van der Waals surface area contributed by atoms with Crippen LogP contribution < -0.4 is 10.5 Å². The molecule has 0 aromatic heterocycles. The maximum absolute atomic E-state index is 13.2. The van der Waals surface area contributed by atoms with E-state index in [2.05, 4.69) is 0 Å². The number of nitrogens with two attached hydrogens (primary N) is 1. The van der Waals surface area contributed by atoms with E-state index in [0.29, 0.717) is 11.1 Å². The number of hydrogen-bond donors (Lipinski definition) is 1. The number of rotatable bonds is 3. The zero-order valence-corrected chi connectivity index (χ0v) is 8.13. The van der Waals surface area contributed by atoms with Gasteiger partial charge in [-0.15, -0.1) is 0 Å². The normalized spacial score (nSPS) is 10.0. The SMILES string of the molecule is COc1cc(C)c(C(=O)CN)cc1F. The van der Waals surface area contributed by atoms with Crippen molar-refractivity contribution in [3.8, 4) is 5.75 Å². The molecule has 0 spiro atoms. The van der Waals surface area contributed by atoms with Crippen LogP contribution in [0.4, 0.5) is 4.39 Å². The molecule has 0 radical (unpaired) electrons. The van der Waals surface area contributed by atoms with E-state index in [0.717, 1.165) is 6.07 Å². The van der Waals surface area contributed by atoms with Crippen molar-refractivity contribution in [1.82, 2.24) is 0 Å². The summed E-state index contributed by atoms with van der Waals surface area (Å²) in [5, 5.41) is 0. The van der Waals surface area contributed by atoms with Crippen LogP contribution in [0, 0.1) is 12.7 Å². The molecule has 0 saturated carbocycles. The monoisotopic (exact) mass is 197 g/mol. The van der Waals surface area contributed by atoms with Gasteiger partial charge in [-0.25, -0.2) is 4.39 Å². The van der Waals surface area contributed by atoms with Crippen LogP contribution in [0.5, 0.6) is 5.75 Å². The summed E-state index contributed by atoms with van der Waals surface area (Å²) in [6.07, 6.45) is 0. The Balaban J connectivity index is 3.21. The first kappa shape index (κ1) is 10.7. The lowest BCUT2D eigenvalue weighted by Gasteiger charge is -2.07. The van der Waals surface area contributed by atoms with Gasteiger partial charge in [0.25, 0.3) is 0 Å². The highest BCUT2D eigenvalue weighted by Crippen LogP contribution is 2.21. The summed E-state index contributed by atoms with van der Waals surface area (Å²) in [4.78, 5) is 11.3. The summed E-state index contributed by atoms with van der Waals surface area (Å²) in [6, 6.07) is 2.64. The van der Waals surface area contributed by atoms with Crippen molar-refractivity contribution in [2.24, 2.45) is 5.73 Å². The van der Waals surface area contributed by atoms with Gasteiger partial charge in [0.2, 0.25) is 0 Å². The molecule has 0 atom stereocenters. The molecular formula is C10H12FNO2. The van der Waals surface area contributed by atoms with Crippen LogP contribution in [-0.2, 0) is 0 Å². The maximum Gasteiger partial charge on any atom is 0.176 e. The van der Waals surface area contributed by atoms with Crippen molar-refractivity contribution in [3.05, 3.63) is 29.1 Å². The van der Waals surface area contributed by atoms with Gasteiger partial charge in [0, 0.05) is 5.56 Å². The zero-order valence-electron chi connectivity index (χ0n) is 8.13. The Hall–Kier alpha value is -1.42. The van der Waals surface area contributed by atoms with Gasteiger partial charge in [-0.1, -0.05) is 0 Å². The minimum Gasteiger partial charge on any atom is -0.494 e. The Morgan fingerprint density at radius 2 is 2.21 bits per heavy atom. The van der Waals surface area contributed by atoms with Crippen LogP contribution in [0.2, 0.25) is 0 Å². The first-order valence-corrected chi connectivity index (χ1v) is 4.17. The predicted molar refractivity (Wildman–Crippen MR) is 51.1 cm³/mol. The molecule has 0 aliphatic heterocycles. The fourth-order valence-electron chi connectivity index (χ4n) is 1.22. The van der Waals surface area contributed by atoms with Gasteiger partial charge in [0.05, 0.1) is 13.7 Å². The van der Waals surface area contributed by atoms with Crippen molar-refractivity contribution in [2.75, 3.05) is 13.7 Å².